The Morgan fingerprint density at radius 2 is 1.88 bits per heavy atom. The Morgan fingerprint density at radius 1 is 1.09 bits per heavy atom. The van der Waals surface area contributed by atoms with Gasteiger partial charge in [-0.15, -0.1) is 0 Å². The maximum absolute atomic E-state index is 13.0. The summed E-state index contributed by atoms with van der Waals surface area (Å²) in [5.41, 5.74) is 1.51. The monoisotopic (exact) mass is 439 g/mol. The van der Waals surface area contributed by atoms with Gasteiger partial charge in [-0.25, -0.2) is 4.39 Å². The van der Waals surface area contributed by atoms with Crippen molar-refractivity contribution in [3.8, 4) is 5.75 Å². The number of nitrogens with zero attached hydrogens (tertiary/aromatic N) is 1. The molecule has 0 heterocycles. The van der Waals surface area contributed by atoms with E-state index in [-0.39, 0.29) is 23.7 Å². The lowest BCUT2D eigenvalue weighted by Crippen LogP contribution is -2.13. The predicted molar refractivity (Wildman–Crippen MR) is 119 cm³/mol. The third-order valence-electron chi connectivity index (χ3n) is 4.49. The Kier molecular flexibility index (Phi) is 7.71. The van der Waals surface area contributed by atoms with Gasteiger partial charge >= 0.3 is 0 Å². The summed E-state index contributed by atoms with van der Waals surface area (Å²) in [5.74, 6) is -0.305. The zero-order chi connectivity index (χ0) is 22.9. The van der Waals surface area contributed by atoms with Crippen LogP contribution in [0.15, 0.2) is 66.7 Å². The molecule has 0 saturated heterocycles. The molecule has 9 heteroatoms. The van der Waals surface area contributed by atoms with E-state index < -0.39 is 10.8 Å². The van der Waals surface area contributed by atoms with Gasteiger partial charge in [0.05, 0.1) is 11.5 Å². The standard InChI is InChI=1S/C23H22FN3O5/c1-31-12-11-25-21-10-7-17(13-22(21)27(29)30)23(28)26-19-3-2-4-20(14-19)32-15-16-5-8-18(24)9-6-16/h2-10,13-14,25H,11-12,15H2,1H3,(H,26,28). The summed E-state index contributed by atoms with van der Waals surface area (Å²) >= 11 is 0. The first-order chi connectivity index (χ1) is 15.5. The number of nitrogens with one attached hydrogen (secondary N) is 2. The summed E-state index contributed by atoms with van der Waals surface area (Å²) in [4.78, 5) is 23.5. The molecule has 3 rings (SSSR count). The third-order valence-corrected chi connectivity index (χ3v) is 4.49. The van der Waals surface area contributed by atoms with E-state index in [1.165, 1.54) is 37.4 Å². The maximum Gasteiger partial charge on any atom is 0.293 e. The minimum Gasteiger partial charge on any atom is -0.489 e. The molecule has 166 valence electrons. The second kappa shape index (κ2) is 10.9. The Bertz CT molecular complexity index is 1090. The number of halogens is 1. The van der Waals surface area contributed by atoms with Crippen LogP contribution in [0.3, 0.4) is 0 Å². The van der Waals surface area contributed by atoms with Crippen LogP contribution in [0.2, 0.25) is 0 Å². The van der Waals surface area contributed by atoms with Crippen LogP contribution < -0.4 is 15.4 Å². The van der Waals surface area contributed by atoms with E-state index in [9.17, 15) is 19.3 Å². The molecule has 3 aromatic rings. The molecule has 0 atom stereocenters. The van der Waals surface area contributed by atoms with E-state index in [4.69, 9.17) is 9.47 Å². The molecule has 0 aromatic heterocycles. The highest BCUT2D eigenvalue weighted by Gasteiger charge is 2.17. The highest BCUT2D eigenvalue weighted by atomic mass is 19.1. The molecule has 0 radical (unpaired) electrons. The molecule has 0 aliphatic carbocycles. The fourth-order valence-electron chi connectivity index (χ4n) is 2.88. The average molecular weight is 439 g/mol. The fraction of sp³-hybridized carbons (Fsp3) is 0.174. The van der Waals surface area contributed by atoms with Crippen LogP contribution in [0.5, 0.6) is 5.75 Å². The number of nitro benzene ring substituents is 1. The summed E-state index contributed by atoms with van der Waals surface area (Å²) < 4.78 is 23.6. The van der Waals surface area contributed by atoms with Crippen LogP contribution in [-0.4, -0.2) is 31.1 Å². The Labute approximate surface area is 184 Å². The number of hydrogen-bond acceptors (Lipinski definition) is 6. The van der Waals surface area contributed by atoms with E-state index >= 15 is 0 Å². The van der Waals surface area contributed by atoms with Crippen LogP contribution in [-0.2, 0) is 11.3 Å². The molecule has 0 bridgehead atoms. The molecule has 0 saturated carbocycles. The van der Waals surface area contributed by atoms with E-state index in [0.717, 1.165) is 5.56 Å². The number of rotatable bonds is 10. The Balaban J connectivity index is 1.67. The van der Waals surface area contributed by atoms with Crippen molar-refractivity contribution in [1.82, 2.24) is 0 Å². The van der Waals surface area contributed by atoms with Gasteiger partial charge < -0.3 is 20.1 Å². The Morgan fingerprint density at radius 3 is 2.59 bits per heavy atom. The predicted octanol–water partition coefficient (Wildman–Crippen LogP) is 4.62. The number of amides is 1. The van der Waals surface area contributed by atoms with Gasteiger partial charge in [0.1, 0.15) is 23.9 Å². The zero-order valence-corrected chi connectivity index (χ0v) is 17.3. The van der Waals surface area contributed by atoms with Gasteiger partial charge in [0.2, 0.25) is 0 Å². The van der Waals surface area contributed by atoms with E-state index in [2.05, 4.69) is 10.6 Å². The number of carbonyl (C=O) groups excluding carboxylic acids is 1. The van der Waals surface area contributed by atoms with Gasteiger partial charge in [0.25, 0.3) is 11.6 Å². The maximum atomic E-state index is 13.0. The largest absolute Gasteiger partial charge is 0.489 e. The minimum atomic E-state index is -0.546. The molecule has 2 N–H and O–H groups in total. The summed E-state index contributed by atoms with van der Waals surface area (Å²) in [5, 5.41) is 17.0. The highest BCUT2D eigenvalue weighted by Crippen LogP contribution is 2.26. The quantitative estimate of drug-likeness (QED) is 0.271. The van der Waals surface area contributed by atoms with Crippen molar-refractivity contribution >= 4 is 23.0 Å². The second-order valence-corrected chi connectivity index (χ2v) is 6.81. The number of nitro groups is 1. The van der Waals surface area contributed by atoms with Crippen molar-refractivity contribution < 1.29 is 23.6 Å². The second-order valence-electron chi connectivity index (χ2n) is 6.81. The highest BCUT2D eigenvalue weighted by molar-refractivity contribution is 6.05. The molecular formula is C23H22FN3O5. The van der Waals surface area contributed by atoms with Gasteiger partial charge in [-0.3, -0.25) is 14.9 Å². The van der Waals surface area contributed by atoms with Crippen LogP contribution in [0.1, 0.15) is 15.9 Å². The smallest absolute Gasteiger partial charge is 0.293 e. The first kappa shape index (κ1) is 22.7. The minimum absolute atomic E-state index is 0.145. The molecule has 32 heavy (non-hydrogen) atoms. The van der Waals surface area contributed by atoms with Crippen molar-refractivity contribution in [2.45, 2.75) is 6.61 Å². The lowest BCUT2D eigenvalue weighted by Gasteiger charge is -2.11. The molecule has 0 aliphatic rings. The lowest BCUT2D eigenvalue weighted by atomic mass is 10.1. The number of hydrogen-bond donors (Lipinski definition) is 2. The van der Waals surface area contributed by atoms with Crippen molar-refractivity contribution in [2.24, 2.45) is 0 Å². The summed E-state index contributed by atoms with van der Waals surface area (Å²) in [7, 11) is 1.53. The van der Waals surface area contributed by atoms with Crippen LogP contribution >= 0.6 is 0 Å². The van der Waals surface area contributed by atoms with Crippen LogP contribution in [0.25, 0.3) is 0 Å². The van der Waals surface area contributed by atoms with Crippen LogP contribution in [0, 0.1) is 15.9 Å². The van der Waals surface area contributed by atoms with Gasteiger partial charge in [0, 0.05) is 37.0 Å². The van der Waals surface area contributed by atoms with E-state index in [1.54, 1.807) is 36.4 Å². The van der Waals surface area contributed by atoms with Crippen molar-refractivity contribution in [3.05, 3.63) is 93.8 Å². The third kappa shape index (κ3) is 6.26. The summed E-state index contributed by atoms with van der Waals surface area (Å²) in [6.45, 7) is 1.02. The molecule has 0 aliphatic heterocycles. The van der Waals surface area contributed by atoms with Crippen molar-refractivity contribution in [3.63, 3.8) is 0 Å². The van der Waals surface area contributed by atoms with Crippen molar-refractivity contribution in [2.75, 3.05) is 30.9 Å². The fourth-order valence-corrected chi connectivity index (χ4v) is 2.88. The normalized spacial score (nSPS) is 10.4. The summed E-state index contributed by atoms with van der Waals surface area (Å²) in [6, 6.07) is 16.9. The van der Waals surface area contributed by atoms with E-state index in [1.807, 2.05) is 0 Å². The van der Waals surface area contributed by atoms with E-state index in [0.29, 0.717) is 30.3 Å². The van der Waals surface area contributed by atoms with Gasteiger partial charge in [-0.2, -0.15) is 0 Å². The molecule has 1 amide bonds. The zero-order valence-electron chi connectivity index (χ0n) is 17.3. The SMILES string of the molecule is COCCNc1ccc(C(=O)Nc2cccc(OCc3ccc(F)cc3)c2)cc1[N+](=O)[O-]. The molecule has 0 fully saturated rings. The molecule has 3 aromatic carbocycles. The molecule has 8 nitrogen and oxygen atoms in total. The molecule has 0 spiro atoms. The number of benzene rings is 3. The number of carbonyl (C=O) groups is 1. The average Bonchev–Trinajstić information content (AvgIpc) is 2.79. The van der Waals surface area contributed by atoms with Gasteiger partial charge in [-0.1, -0.05) is 18.2 Å². The topological polar surface area (TPSA) is 103 Å². The molecular weight excluding hydrogens is 417 g/mol. The number of anilines is 2. The first-order valence-corrected chi connectivity index (χ1v) is 9.76. The number of methoxy groups -OCH3 is 1. The Hall–Kier alpha value is -3.98. The first-order valence-electron chi connectivity index (χ1n) is 9.76. The lowest BCUT2D eigenvalue weighted by molar-refractivity contribution is -0.384. The van der Waals surface area contributed by atoms with Gasteiger partial charge in [0.15, 0.2) is 0 Å². The summed E-state index contributed by atoms with van der Waals surface area (Å²) in [6.07, 6.45) is 0. The van der Waals surface area contributed by atoms with Gasteiger partial charge in [-0.05, 0) is 42.0 Å². The van der Waals surface area contributed by atoms with Crippen molar-refractivity contribution in [1.29, 1.82) is 0 Å². The molecule has 0 unspecified atom stereocenters. The van der Waals surface area contributed by atoms with Crippen LogP contribution in [0.4, 0.5) is 21.5 Å². The number of ether oxygens (including phenoxy) is 2.